The number of aromatic nitrogens is 2. The van der Waals surface area contributed by atoms with Crippen LogP contribution in [0.1, 0.15) is 12.5 Å². The van der Waals surface area contributed by atoms with E-state index in [2.05, 4.69) is 31.7 Å². The van der Waals surface area contributed by atoms with Gasteiger partial charge in [-0.3, -0.25) is 9.59 Å². The molecule has 7 heteroatoms. The molecule has 2 rings (SSSR count). The van der Waals surface area contributed by atoms with E-state index in [-0.39, 0.29) is 11.5 Å². The first kappa shape index (κ1) is 16.2. The van der Waals surface area contributed by atoms with E-state index in [1.165, 1.54) is 10.9 Å². The summed E-state index contributed by atoms with van der Waals surface area (Å²) in [5.41, 5.74) is 1.26. The third-order valence-electron chi connectivity index (χ3n) is 3.15. The fourth-order valence-corrected chi connectivity index (χ4v) is 2.32. The maximum Gasteiger partial charge on any atom is 0.282 e. The highest BCUT2D eigenvalue weighted by Gasteiger charge is 2.15. The summed E-state index contributed by atoms with van der Waals surface area (Å²) in [6, 6.07) is 9.17. The molecule has 1 atom stereocenters. The molecule has 1 unspecified atom stereocenters. The second-order valence-electron chi connectivity index (χ2n) is 4.87. The van der Waals surface area contributed by atoms with Crippen molar-refractivity contribution in [2.75, 3.05) is 5.32 Å². The molecule has 1 amide bonds. The van der Waals surface area contributed by atoms with Crippen LogP contribution < -0.4 is 16.2 Å². The van der Waals surface area contributed by atoms with Crippen LogP contribution in [0.15, 0.2) is 45.8 Å². The zero-order valence-corrected chi connectivity index (χ0v) is 13.9. The standard InChI is InChI=1S/C15H17BrN4O2/c1-10(14(21)17-8-11-6-4-3-5-7-11)19-12-9-18-20(2)15(22)13(12)16/h3-7,9-10,19H,8H2,1-2H3,(H,17,21). The van der Waals surface area contributed by atoms with Crippen molar-refractivity contribution in [2.24, 2.45) is 7.05 Å². The van der Waals surface area contributed by atoms with E-state index >= 15 is 0 Å². The Morgan fingerprint density at radius 1 is 1.36 bits per heavy atom. The van der Waals surface area contributed by atoms with Crippen molar-refractivity contribution in [3.05, 3.63) is 56.9 Å². The van der Waals surface area contributed by atoms with Gasteiger partial charge in [0, 0.05) is 13.6 Å². The van der Waals surface area contributed by atoms with Gasteiger partial charge < -0.3 is 10.6 Å². The second-order valence-corrected chi connectivity index (χ2v) is 5.66. The molecule has 22 heavy (non-hydrogen) atoms. The predicted molar refractivity (Wildman–Crippen MR) is 88.6 cm³/mol. The number of halogens is 1. The molecular formula is C15H17BrN4O2. The smallest absolute Gasteiger partial charge is 0.282 e. The molecule has 0 spiro atoms. The first-order chi connectivity index (χ1) is 10.5. The van der Waals surface area contributed by atoms with Crippen molar-refractivity contribution < 1.29 is 4.79 Å². The number of rotatable bonds is 5. The molecule has 0 bridgehead atoms. The number of carbonyl (C=O) groups is 1. The molecule has 0 saturated heterocycles. The van der Waals surface area contributed by atoms with E-state index in [0.29, 0.717) is 16.7 Å². The van der Waals surface area contributed by atoms with Gasteiger partial charge in [-0.1, -0.05) is 30.3 Å². The van der Waals surface area contributed by atoms with E-state index in [1.54, 1.807) is 14.0 Å². The van der Waals surface area contributed by atoms with Crippen LogP contribution in [-0.4, -0.2) is 21.7 Å². The van der Waals surface area contributed by atoms with Gasteiger partial charge in [0.25, 0.3) is 5.56 Å². The van der Waals surface area contributed by atoms with Crippen LogP contribution in [0.5, 0.6) is 0 Å². The van der Waals surface area contributed by atoms with E-state index in [4.69, 9.17) is 0 Å². The van der Waals surface area contributed by atoms with Gasteiger partial charge in [0.05, 0.1) is 11.9 Å². The number of carbonyl (C=O) groups excluding carboxylic acids is 1. The van der Waals surface area contributed by atoms with Gasteiger partial charge in [-0.25, -0.2) is 4.68 Å². The Balaban J connectivity index is 1.97. The summed E-state index contributed by atoms with van der Waals surface area (Å²) in [6.45, 7) is 2.19. The SMILES string of the molecule is CC(Nc1cnn(C)c(=O)c1Br)C(=O)NCc1ccccc1. The minimum Gasteiger partial charge on any atom is -0.372 e. The van der Waals surface area contributed by atoms with Gasteiger partial charge >= 0.3 is 0 Å². The van der Waals surface area contributed by atoms with E-state index in [0.717, 1.165) is 5.56 Å². The van der Waals surface area contributed by atoms with Gasteiger partial charge in [0.1, 0.15) is 10.5 Å². The lowest BCUT2D eigenvalue weighted by Gasteiger charge is -2.16. The van der Waals surface area contributed by atoms with Gasteiger partial charge in [-0.2, -0.15) is 5.10 Å². The van der Waals surface area contributed by atoms with Crippen molar-refractivity contribution >= 4 is 27.5 Å². The summed E-state index contributed by atoms with van der Waals surface area (Å²) in [7, 11) is 1.56. The van der Waals surface area contributed by atoms with Gasteiger partial charge in [-0.05, 0) is 28.4 Å². The maximum atomic E-state index is 12.1. The number of nitrogens with one attached hydrogen (secondary N) is 2. The number of anilines is 1. The Morgan fingerprint density at radius 3 is 2.73 bits per heavy atom. The zero-order chi connectivity index (χ0) is 16.1. The van der Waals surface area contributed by atoms with E-state index in [9.17, 15) is 9.59 Å². The summed E-state index contributed by atoms with van der Waals surface area (Å²) in [6.07, 6.45) is 1.51. The Hall–Kier alpha value is -2.15. The first-order valence-electron chi connectivity index (χ1n) is 6.79. The molecule has 0 saturated carbocycles. The third-order valence-corrected chi connectivity index (χ3v) is 3.92. The Bertz CT molecular complexity index is 715. The molecule has 6 nitrogen and oxygen atoms in total. The van der Waals surface area contributed by atoms with Crippen molar-refractivity contribution in [1.82, 2.24) is 15.1 Å². The minimum absolute atomic E-state index is 0.156. The average molecular weight is 365 g/mol. The highest BCUT2D eigenvalue weighted by atomic mass is 79.9. The molecule has 0 aliphatic heterocycles. The van der Waals surface area contributed by atoms with Crippen LogP contribution in [0.2, 0.25) is 0 Å². The second kappa shape index (κ2) is 7.22. The van der Waals surface area contributed by atoms with Crippen LogP contribution in [-0.2, 0) is 18.4 Å². The van der Waals surface area contributed by atoms with Crippen molar-refractivity contribution in [2.45, 2.75) is 19.5 Å². The quantitative estimate of drug-likeness (QED) is 0.845. The van der Waals surface area contributed by atoms with Crippen LogP contribution in [0.3, 0.4) is 0 Å². The summed E-state index contributed by atoms with van der Waals surface area (Å²) in [5, 5.41) is 9.75. The monoisotopic (exact) mass is 364 g/mol. The maximum absolute atomic E-state index is 12.1. The van der Waals surface area contributed by atoms with Crippen molar-refractivity contribution in [3.63, 3.8) is 0 Å². The fourth-order valence-electron chi connectivity index (χ4n) is 1.85. The Labute approximate surface area is 136 Å². The summed E-state index contributed by atoms with van der Waals surface area (Å²) >= 11 is 3.22. The molecule has 0 radical (unpaired) electrons. The van der Waals surface area contributed by atoms with Crippen LogP contribution in [0, 0.1) is 0 Å². The molecule has 0 fully saturated rings. The third kappa shape index (κ3) is 3.94. The Morgan fingerprint density at radius 2 is 2.05 bits per heavy atom. The highest BCUT2D eigenvalue weighted by Crippen LogP contribution is 2.16. The highest BCUT2D eigenvalue weighted by molar-refractivity contribution is 9.10. The zero-order valence-electron chi connectivity index (χ0n) is 12.3. The average Bonchev–Trinajstić information content (AvgIpc) is 2.54. The molecule has 1 aromatic carbocycles. The number of hydrogen-bond acceptors (Lipinski definition) is 4. The predicted octanol–water partition coefficient (Wildman–Crippen LogP) is 1.66. The lowest BCUT2D eigenvalue weighted by molar-refractivity contribution is -0.121. The Kier molecular flexibility index (Phi) is 5.32. The first-order valence-corrected chi connectivity index (χ1v) is 7.58. The summed E-state index contributed by atoms with van der Waals surface area (Å²) in [5.74, 6) is -0.156. The molecule has 2 aromatic rings. The molecular weight excluding hydrogens is 348 g/mol. The van der Waals surface area contributed by atoms with E-state index in [1.807, 2.05) is 30.3 Å². The summed E-state index contributed by atoms with van der Waals surface area (Å²) in [4.78, 5) is 23.9. The van der Waals surface area contributed by atoms with E-state index < -0.39 is 6.04 Å². The largest absolute Gasteiger partial charge is 0.372 e. The molecule has 1 heterocycles. The number of amides is 1. The van der Waals surface area contributed by atoms with Gasteiger partial charge in [-0.15, -0.1) is 0 Å². The lowest BCUT2D eigenvalue weighted by atomic mass is 10.2. The number of nitrogens with zero attached hydrogens (tertiary/aromatic N) is 2. The number of aryl methyl sites for hydroxylation is 1. The number of hydrogen-bond donors (Lipinski definition) is 2. The summed E-state index contributed by atoms with van der Waals surface area (Å²) < 4.78 is 1.57. The van der Waals surface area contributed by atoms with Crippen LogP contribution >= 0.6 is 15.9 Å². The van der Waals surface area contributed by atoms with Gasteiger partial charge in [0.2, 0.25) is 5.91 Å². The minimum atomic E-state index is -0.492. The molecule has 0 aliphatic rings. The van der Waals surface area contributed by atoms with Crippen molar-refractivity contribution in [1.29, 1.82) is 0 Å². The fraction of sp³-hybridized carbons (Fsp3) is 0.267. The molecule has 116 valence electrons. The van der Waals surface area contributed by atoms with Crippen LogP contribution in [0.25, 0.3) is 0 Å². The van der Waals surface area contributed by atoms with Crippen LogP contribution in [0.4, 0.5) is 5.69 Å². The van der Waals surface area contributed by atoms with Crippen molar-refractivity contribution in [3.8, 4) is 0 Å². The molecule has 0 aliphatic carbocycles. The topological polar surface area (TPSA) is 76.0 Å². The lowest BCUT2D eigenvalue weighted by Crippen LogP contribution is -2.37. The van der Waals surface area contributed by atoms with Gasteiger partial charge in [0.15, 0.2) is 0 Å². The number of benzene rings is 1. The molecule has 2 N–H and O–H groups in total. The normalized spacial score (nSPS) is 11.8. The molecule has 1 aromatic heterocycles.